The van der Waals surface area contributed by atoms with E-state index in [9.17, 15) is 13.2 Å². The second kappa shape index (κ2) is 6.87. The molecule has 0 unspecified atom stereocenters. The normalized spacial score (nSPS) is 15.7. The number of aromatic nitrogens is 2. The number of hydrogen-bond donors (Lipinski definition) is 1. The third kappa shape index (κ3) is 4.15. The highest BCUT2D eigenvalue weighted by atomic mass is 32.2. The van der Waals surface area contributed by atoms with E-state index in [-0.39, 0.29) is 23.0 Å². The van der Waals surface area contributed by atoms with Gasteiger partial charge < -0.3 is 5.32 Å². The zero-order valence-corrected chi connectivity index (χ0v) is 16.3. The number of sulfone groups is 1. The van der Waals surface area contributed by atoms with Gasteiger partial charge in [-0.15, -0.1) is 0 Å². The molecule has 1 aliphatic rings. The maximum Gasteiger partial charge on any atom is 0.225 e. The Kier molecular flexibility index (Phi) is 4.92. The first-order chi connectivity index (χ1) is 12.2. The Balaban J connectivity index is 1.71. The van der Waals surface area contributed by atoms with Crippen LogP contribution in [0.1, 0.15) is 50.4 Å². The summed E-state index contributed by atoms with van der Waals surface area (Å²) in [6.45, 7) is 5.94. The molecule has 1 aromatic heterocycles. The zero-order valence-electron chi connectivity index (χ0n) is 15.4. The molecular weight excluding hydrogens is 350 g/mol. The van der Waals surface area contributed by atoms with Gasteiger partial charge in [0, 0.05) is 12.0 Å². The maximum atomic E-state index is 12.4. The van der Waals surface area contributed by atoms with Gasteiger partial charge in [0.2, 0.25) is 5.91 Å². The Bertz CT molecular complexity index is 909. The molecule has 0 radical (unpaired) electrons. The number of fused-ring (bicyclic) bond motifs is 1. The molecule has 0 saturated carbocycles. The van der Waals surface area contributed by atoms with Crippen molar-refractivity contribution in [3.8, 4) is 0 Å². The average Bonchev–Trinajstić information content (AvgIpc) is 3.01. The lowest BCUT2D eigenvalue weighted by molar-refractivity contribution is -0.116. The first kappa shape index (κ1) is 18.6. The summed E-state index contributed by atoms with van der Waals surface area (Å²) in [5.41, 5.74) is 2.05. The first-order valence-corrected chi connectivity index (χ1v) is 10.6. The minimum atomic E-state index is -3.16. The molecule has 0 bridgehead atoms. The predicted molar refractivity (Wildman–Crippen MR) is 102 cm³/mol. The molecule has 7 heteroatoms. The second-order valence-corrected chi connectivity index (χ2v) is 9.84. The third-order valence-corrected chi connectivity index (χ3v) is 5.83. The lowest BCUT2D eigenvalue weighted by Crippen LogP contribution is -2.27. The van der Waals surface area contributed by atoms with Crippen molar-refractivity contribution < 1.29 is 13.2 Å². The molecule has 1 aromatic carbocycles. The van der Waals surface area contributed by atoms with E-state index < -0.39 is 9.84 Å². The fourth-order valence-electron chi connectivity index (χ4n) is 3.15. The molecule has 2 aromatic rings. The van der Waals surface area contributed by atoms with E-state index in [0.29, 0.717) is 23.5 Å². The molecule has 26 heavy (non-hydrogen) atoms. The van der Waals surface area contributed by atoms with Gasteiger partial charge in [-0.2, -0.15) is 5.10 Å². The van der Waals surface area contributed by atoms with Crippen molar-refractivity contribution >= 4 is 21.6 Å². The summed E-state index contributed by atoms with van der Waals surface area (Å²) < 4.78 is 25.6. The number of nitrogens with zero attached hydrogens (tertiary/aromatic N) is 2. The summed E-state index contributed by atoms with van der Waals surface area (Å²) in [6.07, 6.45) is 1.95. The summed E-state index contributed by atoms with van der Waals surface area (Å²) in [7, 11) is -3.16. The standard InChI is InChI=1S/C19H25N3O3S/c1-19(2,3)22-18(15-12-26(24,25)13-16(15)21-22)20-17(23)11-7-10-14-8-5-4-6-9-14/h4-6,8-9H,7,10-13H2,1-3H3,(H,20,23). The fourth-order valence-corrected chi connectivity index (χ4v) is 4.64. The van der Waals surface area contributed by atoms with Gasteiger partial charge >= 0.3 is 0 Å². The van der Waals surface area contributed by atoms with E-state index in [1.54, 1.807) is 4.68 Å². The quantitative estimate of drug-likeness (QED) is 0.871. The number of carbonyl (C=O) groups excluding carboxylic acids is 1. The van der Waals surface area contributed by atoms with Gasteiger partial charge in [0.25, 0.3) is 0 Å². The summed E-state index contributed by atoms with van der Waals surface area (Å²) in [5.74, 6) is 0.303. The van der Waals surface area contributed by atoms with Crippen LogP contribution in [-0.4, -0.2) is 24.1 Å². The highest BCUT2D eigenvalue weighted by molar-refractivity contribution is 7.90. The van der Waals surface area contributed by atoms with Crippen molar-refractivity contribution in [2.24, 2.45) is 0 Å². The van der Waals surface area contributed by atoms with Crippen LogP contribution in [0.25, 0.3) is 0 Å². The molecule has 1 aliphatic heterocycles. The monoisotopic (exact) mass is 375 g/mol. The van der Waals surface area contributed by atoms with Gasteiger partial charge in [-0.25, -0.2) is 13.1 Å². The Morgan fingerprint density at radius 1 is 1.19 bits per heavy atom. The number of amides is 1. The van der Waals surface area contributed by atoms with Crippen LogP contribution in [0.4, 0.5) is 5.82 Å². The van der Waals surface area contributed by atoms with E-state index >= 15 is 0 Å². The number of carbonyl (C=O) groups is 1. The lowest BCUT2D eigenvalue weighted by atomic mass is 10.1. The van der Waals surface area contributed by atoms with Crippen LogP contribution in [0, 0.1) is 0 Å². The second-order valence-electron chi connectivity index (χ2n) is 7.78. The largest absolute Gasteiger partial charge is 0.311 e. The first-order valence-electron chi connectivity index (χ1n) is 8.81. The predicted octanol–water partition coefficient (Wildman–Crippen LogP) is 3.03. The van der Waals surface area contributed by atoms with Crippen molar-refractivity contribution in [2.45, 2.75) is 57.1 Å². The Labute approximate surface area is 154 Å². The summed E-state index contributed by atoms with van der Waals surface area (Å²) in [5, 5.41) is 7.38. The van der Waals surface area contributed by atoms with Crippen LogP contribution in [0.2, 0.25) is 0 Å². The zero-order chi connectivity index (χ0) is 18.9. The number of aryl methyl sites for hydroxylation is 1. The number of rotatable bonds is 5. The number of anilines is 1. The Morgan fingerprint density at radius 2 is 1.88 bits per heavy atom. The van der Waals surface area contributed by atoms with E-state index in [1.807, 2.05) is 51.1 Å². The van der Waals surface area contributed by atoms with Crippen molar-refractivity contribution in [3.63, 3.8) is 0 Å². The number of hydrogen-bond acceptors (Lipinski definition) is 4. The van der Waals surface area contributed by atoms with E-state index in [1.165, 1.54) is 5.56 Å². The molecule has 1 amide bonds. The molecule has 0 spiro atoms. The van der Waals surface area contributed by atoms with E-state index in [4.69, 9.17) is 0 Å². The van der Waals surface area contributed by atoms with Crippen molar-refractivity contribution in [1.29, 1.82) is 0 Å². The molecule has 1 N–H and O–H groups in total. The van der Waals surface area contributed by atoms with Gasteiger partial charge in [-0.1, -0.05) is 30.3 Å². The van der Waals surface area contributed by atoms with Gasteiger partial charge in [-0.05, 0) is 39.2 Å². The minimum absolute atomic E-state index is 0.0533. The van der Waals surface area contributed by atoms with Crippen LogP contribution in [0.15, 0.2) is 30.3 Å². The molecule has 0 saturated heterocycles. The van der Waals surface area contributed by atoms with Gasteiger partial charge in [0.1, 0.15) is 5.82 Å². The topological polar surface area (TPSA) is 81.1 Å². The molecule has 2 heterocycles. The molecule has 0 atom stereocenters. The maximum absolute atomic E-state index is 12.4. The summed E-state index contributed by atoms with van der Waals surface area (Å²) in [6, 6.07) is 10.0. The van der Waals surface area contributed by atoms with Crippen LogP contribution < -0.4 is 5.32 Å². The summed E-state index contributed by atoms with van der Waals surface area (Å²) >= 11 is 0. The van der Waals surface area contributed by atoms with E-state index in [2.05, 4.69) is 10.4 Å². The molecular formula is C19H25N3O3S. The number of nitrogens with one attached hydrogen (secondary N) is 1. The van der Waals surface area contributed by atoms with Crippen molar-refractivity contribution in [2.75, 3.05) is 5.32 Å². The fraction of sp³-hybridized carbons (Fsp3) is 0.474. The third-order valence-electron chi connectivity index (χ3n) is 4.39. The van der Waals surface area contributed by atoms with Crippen LogP contribution in [0.3, 0.4) is 0 Å². The Morgan fingerprint density at radius 3 is 2.54 bits per heavy atom. The van der Waals surface area contributed by atoms with Crippen molar-refractivity contribution in [3.05, 3.63) is 47.2 Å². The van der Waals surface area contributed by atoms with Gasteiger partial charge in [0.15, 0.2) is 9.84 Å². The van der Waals surface area contributed by atoms with Gasteiger partial charge in [-0.3, -0.25) is 4.79 Å². The van der Waals surface area contributed by atoms with Crippen LogP contribution >= 0.6 is 0 Å². The van der Waals surface area contributed by atoms with Crippen molar-refractivity contribution in [1.82, 2.24) is 9.78 Å². The van der Waals surface area contributed by atoms with Crippen LogP contribution in [0.5, 0.6) is 0 Å². The molecule has 6 nitrogen and oxygen atoms in total. The average molecular weight is 375 g/mol. The highest BCUT2D eigenvalue weighted by Crippen LogP contribution is 2.34. The smallest absolute Gasteiger partial charge is 0.225 e. The Hall–Kier alpha value is -2.15. The molecule has 3 rings (SSSR count). The number of benzene rings is 1. The SMILES string of the molecule is CC(C)(C)n1nc2c(c1NC(=O)CCCc1ccccc1)CS(=O)(=O)C2. The lowest BCUT2D eigenvalue weighted by Gasteiger charge is -2.23. The van der Waals surface area contributed by atoms with Gasteiger partial charge in [0.05, 0.1) is 22.7 Å². The van der Waals surface area contributed by atoms with E-state index in [0.717, 1.165) is 12.8 Å². The molecule has 140 valence electrons. The molecule has 0 aliphatic carbocycles. The summed E-state index contributed by atoms with van der Waals surface area (Å²) in [4.78, 5) is 12.4. The highest BCUT2D eigenvalue weighted by Gasteiger charge is 2.35. The van der Waals surface area contributed by atoms with Crippen LogP contribution in [-0.2, 0) is 38.1 Å². The minimum Gasteiger partial charge on any atom is -0.311 e. The molecule has 0 fully saturated rings.